The highest BCUT2D eigenvalue weighted by Gasteiger charge is 2.09. The second-order valence-corrected chi connectivity index (χ2v) is 3.84. The summed E-state index contributed by atoms with van der Waals surface area (Å²) < 4.78 is 10.2. The quantitative estimate of drug-likeness (QED) is 0.471. The van der Waals surface area contributed by atoms with Crippen LogP contribution in [0.1, 0.15) is 24.2 Å². The highest BCUT2D eigenvalue weighted by molar-refractivity contribution is 7.27. The minimum Gasteiger partial charge on any atom is -0.490 e. The molecule has 5 heteroatoms. The number of ether oxygens (including phenoxy) is 2. The fraction of sp³-hybridized carbons (Fsp3) is 0.417. The third-order valence-electron chi connectivity index (χ3n) is 1.84. The Labute approximate surface area is 110 Å². The first-order valence-electron chi connectivity index (χ1n) is 5.35. The van der Waals surface area contributed by atoms with Crippen LogP contribution in [0.2, 0.25) is 5.02 Å². The van der Waals surface area contributed by atoms with Crippen LogP contribution in [0.5, 0.6) is 5.75 Å². The Morgan fingerprint density at radius 3 is 2.53 bits per heavy atom. The molecule has 1 unspecified atom stereocenters. The summed E-state index contributed by atoms with van der Waals surface area (Å²) in [5.74, 6) is 0.502. The van der Waals surface area contributed by atoms with Crippen molar-refractivity contribution >= 4 is 32.4 Å². The Morgan fingerprint density at radius 2 is 2.00 bits per heavy atom. The van der Waals surface area contributed by atoms with Crippen LogP contribution >= 0.6 is 20.8 Å². The van der Waals surface area contributed by atoms with Crippen molar-refractivity contribution in [3.63, 3.8) is 0 Å². The maximum Gasteiger partial charge on any atom is 0.152 e. The molecule has 0 spiro atoms. The summed E-state index contributed by atoms with van der Waals surface area (Å²) >= 11 is 5.98. The van der Waals surface area contributed by atoms with E-state index in [4.69, 9.17) is 21.1 Å². The smallest absolute Gasteiger partial charge is 0.152 e. The molecule has 0 aliphatic heterocycles. The Bertz CT molecular complexity index is 356. The predicted molar refractivity (Wildman–Crippen MR) is 74.9 cm³/mol. The van der Waals surface area contributed by atoms with Gasteiger partial charge >= 0.3 is 0 Å². The van der Waals surface area contributed by atoms with Crippen LogP contribution in [0, 0.1) is 0 Å². The van der Waals surface area contributed by atoms with Crippen LogP contribution in [0.4, 0.5) is 0 Å². The number of carbonyl (C=O) groups is 1. The number of benzene rings is 1. The highest BCUT2D eigenvalue weighted by atomic mass is 35.5. The molecule has 17 heavy (non-hydrogen) atoms. The molecule has 96 valence electrons. The van der Waals surface area contributed by atoms with Gasteiger partial charge in [-0.15, -0.1) is 9.24 Å². The molecule has 0 fully saturated rings. The normalized spacial score (nSPS) is 9.24. The molecule has 3 nitrogen and oxygen atoms in total. The number of methoxy groups -OCH3 is 1. The van der Waals surface area contributed by atoms with E-state index >= 15 is 0 Å². The van der Waals surface area contributed by atoms with Crippen molar-refractivity contribution < 1.29 is 14.3 Å². The largest absolute Gasteiger partial charge is 0.490 e. The molecular formula is C12H18ClO3P. The van der Waals surface area contributed by atoms with Gasteiger partial charge in [-0.25, -0.2) is 0 Å². The van der Waals surface area contributed by atoms with Gasteiger partial charge in [0, 0.05) is 12.7 Å². The van der Waals surface area contributed by atoms with Crippen LogP contribution < -0.4 is 10.0 Å². The van der Waals surface area contributed by atoms with Gasteiger partial charge in [-0.3, -0.25) is 4.79 Å². The van der Waals surface area contributed by atoms with Gasteiger partial charge in [0.25, 0.3) is 0 Å². The first-order chi connectivity index (χ1) is 8.20. The minimum atomic E-state index is 0.341. The summed E-state index contributed by atoms with van der Waals surface area (Å²) in [5, 5.41) is 1.10. The number of halogens is 1. The Hall–Kier alpha value is -0.630. The van der Waals surface area contributed by atoms with E-state index in [1.165, 1.54) is 0 Å². The monoisotopic (exact) mass is 276 g/mol. The molecule has 0 bridgehead atoms. The number of hydrogen-bond donors (Lipinski definition) is 0. The minimum absolute atomic E-state index is 0.341. The Balaban J connectivity index is 0.00000121. The predicted octanol–water partition coefficient (Wildman–Crippen LogP) is 2.70. The zero-order valence-electron chi connectivity index (χ0n) is 10.3. The van der Waals surface area contributed by atoms with E-state index in [9.17, 15) is 4.79 Å². The van der Waals surface area contributed by atoms with E-state index < -0.39 is 0 Å². The number of carbonyl (C=O) groups excluding carboxylic acids is 1. The summed E-state index contributed by atoms with van der Waals surface area (Å²) in [6.07, 6.45) is 0.716. The van der Waals surface area contributed by atoms with Crippen molar-refractivity contribution in [1.29, 1.82) is 0 Å². The molecule has 0 aliphatic carbocycles. The van der Waals surface area contributed by atoms with E-state index in [0.717, 1.165) is 5.30 Å². The first-order valence-corrected chi connectivity index (χ1v) is 6.31. The van der Waals surface area contributed by atoms with Crippen LogP contribution in [0.15, 0.2) is 12.1 Å². The summed E-state index contributed by atoms with van der Waals surface area (Å²) in [6.45, 7) is 4.89. The molecule has 1 aromatic carbocycles. The van der Waals surface area contributed by atoms with Crippen molar-refractivity contribution in [2.75, 3.05) is 20.3 Å². The summed E-state index contributed by atoms with van der Waals surface area (Å²) in [5.41, 5.74) is 0.441. The average molecular weight is 277 g/mol. The summed E-state index contributed by atoms with van der Waals surface area (Å²) in [6, 6.07) is 3.50. The van der Waals surface area contributed by atoms with Crippen LogP contribution in [-0.2, 0) is 4.74 Å². The average Bonchev–Trinajstić information content (AvgIpc) is 2.35. The zero-order chi connectivity index (χ0) is 13.3. The van der Waals surface area contributed by atoms with Crippen molar-refractivity contribution in [2.24, 2.45) is 0 Å². The lowest BCUT2D eigenvalue weighted by Gasteiger charge is -2.09. The van der Waals surface area contributed by atoms with Gasteiger partial charge < -0.3 is 9.47 Å². The van der Waals surface area contributed by atoms with Gasteiger partial charge in [-0.1, -0.05) is 31.5 Å². The van der Waals surface area contributed by atoms with E-state index in [-0.39, 0.29) is 0 Å². The van der Waals surface area contributed by atoms with Crippen molar-refractivity contribution in [3.05, 3.63) is 22.7 Å². The maximum absolute atomic E-state index is 10.8. The van der Waals surface area contributed by atoms with Crippen molar-refractivity contribution in [2.45, 2.75) is 13.8 Å². The van der Waals surface area contributed by atoms with Gasteiger partial charge in [0.1, 0.15) is 12.4 Å². The number of rotatable bonds is 5. The molecule has 0 heterocycles. The SMILES string of the molecule is CC.COCCOc1ccc(P)c(C=O)c1Cl. The third-order valence-corrected chi connectivity index (χ3v) is 2.73. The lowest BCUT2D eigenvalue weighted by atomic mass is 10.2. The molecule has 0 aliphatic rings. The first kappa shape index (κ1) is 16.4. The molecule has 1 atom stereocenters. The number of aldehydes is 1. The second kappa shape index (κ2) is 9.41. The molecule has 1 rings (SSSR count). The fourth-order valence-corrected chi connectivity index (χ4v) is 1.73. The Morgan fingerprint density at radius 1 is 1.35 bits per heavy atom. The van der Waals surface area contributed by atoms with E-state index in [0.29, 0.717) is 35.8 Å². The molecule has 0 amide bonds. The van der Waals surface area contributed by atoms with Gasteiger partial charge in [0.05, 0.1) is 11.6 Å². The van der Waals surface area contributed by atoms with Crippen LogP contribution in [0.3, 0.4) is 0 Å². The summed E-state index contributed by atoms with van der Waals surface area (Å²) in [7, 11) is 4.04. The Kier molecular flexibility index (Phi) is 9.06. The molecule has 1 aromatic rings. The van der Waals surface area contributed by atoms with Gasteiger partial charge in [0.15, 0.2) is 6.29 Å². The van der Waals surface area contributed by atoms with Gasteiger partial charge in [-0.2, -0.15) is 0 Å². The maximum atomic E-state index is 10.8. The van der Waals surface area contributed by atoms with E-state index in [2.05, 4.69) is 9.24 Å². The molecular weight excluding hydrogens is 259 g/mol. The van der Waals surface area contributed by atoms with Crippen LogP contribution in [0.25, 0.3) is 0 Å². The van der Waals surface area contributed by atoms with Gasteiger partial charge in [-0.05, 0) is 11.4 Å². The second-order valence-electron chi connectivity index (χ2n) is 2.84. The topological polar surface area (TPSA) is 35.5 Å². The molecule has 0 N–H and O–H groups in total. The molecule has 0 radical (unpaired) electrons. The molecule has 0 aromatic heterocycles. The lowest BCUT2D eigenvalue weighted by Crippen LogP contribution is -2.08. The zero-order valence-corrected chi connectivity index (χ0v) is 12.2. The fourth-order valence-electron chi connectivity index (χ4n) is 1.05. The standard InChI is InChI=1S/C10H12ClO3P.C2H6/c1-13-4-5-14-8-2-3-9(15)7(6-12)10(8)11;1-2/h2-3,6H,4-5,15H2,1H3;1-2H3. The van der Waals surface area contributed by atoms with E-state index in [1.807, 2.05) is 13.8 Å². The van der Waals surface area contributed by atoms with Crippen molar-refractivity contribution in [3.8, 4) is 5.75 Å². The highest BCUT2D eigenvalue weighted by Crippen LogP contribution is 2.26. The number of hydrogen-bond acceptors (Lipinski definition) is 3. The van der Waals surface area contributed by atoms with E-state index in [1.54, 1.807) is 19.2 Å². The molecule has 0 saturated heterocycles. The van der Waals surface area contributed by atoms with Gasteiger partial charge in [0.2, 0.25) is 0 Å². The van der Waals surface area contributed by atoms with Crippen LogP contribution in [-0.4, -0.2) is 26.6 Å². The third kappa shape index (κ3) is 5.03. The lowest BCUT2D eigenvalue weighted by molar-refractivity contribution is 0.112. The van der Waals surface area contributed by atoms with Crippen molar-refractivity contribution in [1.82, 2.24) is 0 Å². The summed E-state index contributed by atoms with van der Waals surface area (Å²) in [4.78, 5) is 10.8. The molecule has 0 saturated carbocycles.